The molecule has 0 aliphatic carbocycles. The van der Waals surface area contributed by atoms with Gasteiger partial charge in [0, 0.05) is 0 Å². The minimum Gasteiger partial charge on any atom is -0.495 e. The maximum absolute atomic E-state index is 6.88. The number of benzene rings is 4. The maximum Gasteiger partial charge on any atom is 0.142 e. The second-order valence-corrected chi connectivity index (χ2v) is 7.72. The van der Waals surface area contributed by atoms with Crippen molar-refractivity contribution in [2.75, 3.05) is 25.7 Å². The lowest BCUT2D eigenvalue weighted by molar-refractivity contribution is 0.0307. The summed E-state index contributed by atoms with van der Waals surface area (Å²) in [5.74, 6) is 1.23. The molecule has 4 N–H and O–H groups in total. The van der Waals surface area contributed by atoms with Crippen LogP contribution in [0.15, 0.2) is 97.1 Å². The monoisotopic (exact) mass is 440 g/mol. The molecule has 0 saturated heterocycles. The second-order valence-electron chi connectivity index (χ2n) is 7.72. The van der Waals surface area contributed by atoms with Gasteiger partial charge in [0.25, 0.3) is 0 Å². The quantitative estimate of drug-likeness (QED) is 0.340. The molecule has 0 saturated carbocycles. The normalized spacial score (nSPS) is 12.7. The average Bonchev–Trinajstić information content (AvgIpc) is 2.87. The van der Waals surface area contributed by atoms with Crippen LogP contribution >= 0.6 is 0 Å². The molecule has 0 aliphatic heterocycles. The van der Waals surface area contributed by atoms with Gasteiger partial charge in [-0.1, -0.05) is 72.8 Å². The molecular weight excluding hydrogens is 412 g/mol. The highest BCUT2D eigenvalue weighted by Gasteiger charge is 2.24. The van der Waals surface area contributed by atoms with Crippen molar-refractivity contribution in [1.29, 1.82) is 0 Å². The van der Waals surface area contributed by atoms with E-state index in [1.54, 1.807) is 14.2 Å². The Kier molecular flexibility index (Phi) is 6.81. The summed E-state index contributed by atoms with van der Waals surface area (Å²) in [5.41, 5.74) is 17.2. The van der Waals surface area contributed by atoms with Crippen LogP contribution in [0.3, 0.4) is 0 Å². The molecule has 0 bridgehead atoms. The van der Waals surface area contributed by atoms with Crippen molar-refractivity contribution >= 4 is 11.4 Å². The SMILES string of the molecule is COc1cc(C(OC(c2ccccc2)c2ccc(N)c(OC)c2)c2ccccc2)ccc1N. The first-order chi connectivity index (χ1) is 16.1. The van der Waals surface area contributed by atoms with Gasteiger partial charge < -0.3 is 25.7 Å². The predicted octanol–water partition coefficient (Wildman–Crippen LogP) is 5.76. The fourth-order valence-electron chi connectivity index (χ4n) is 3.87. The number of rotatable bonds is 8. The van der Waals surface area contributed by atoms with Gasteiger partial charge in [0.15, 0.2) is 0 Å². The van der Waals surface area contributed by atoms with Crippen LogP contribution in [0.2, 0.25) is 0 Å². The number of hydrogen-bond donors (Lipinski definition) is 2. The summed E-state index contributed by atoms with van der Waals surface area (Å²) in [5, 5.41) is 0. The van der Waals surface area contributed by atoms with Gasteiger partial charge in [-0.2, -0.15) is 0 Å². The lowest BCUT2D eigenvalue weighted by Gasteiger charge is -2.27. The van der Waals surface area contributed by atoms with Crippen molar-refractivity contribution < 1.29 is 14.2 Å². The van der Waals surface area contributed by atoms with Crippen molar-refractivity contribution in [2.24, 2.45) is 0 Å². The Morgan fingerprint density at radius 2 is 0.909 bits per heavy atom. The summed E-state index contributed by atoms with van der Waals surface area (Å²) in [6.07, 6.45) is -0.732. The largest absolute Gasteiger partial charge is 0.495 e. The fourth-order valence-corrected chi connectivity index (χ4v) is 3.87. The van der Waals surface area contributed by atoms with E-state index in [1.807, 2.05) is 72.8 Å². The van der Waals surface area contributed by atoms with Crippen molar-refractivity contribution in [3.8, 4) is 11.5 Å². The maximum atomic E-state index is 6.88. The van der Waals surface area contributed by atoms with Gasteiger partial charge in [0.1, 0.15) is 23.7 Å². The molecular formula is C28H28N2O3. The predicted molar refractivity (Wildman–Crippen MR) is 132 cm³/mol. The standard InChI is InChI=1S/C28H28N2O3/c1-31-25-17-21(13-15-23(25)29)27(19-9-5-3-6-10-19)33-28(20-11-7-4-8-12-20)22-14-16-24(30)26(18-22)32-2/h3-18,27-28H,29-30H2,1-2H3. The van der Waals surface area contributed by atoms with Crippen LogP contribution in [0.1, 0.15) is 34.5 Å². The highest BCUT2D eigenvalue weighted by Crippen LogP contribution is 2.39. The third-order valence-electron chi connectivity index (χ3n) is 5.60. The molecule has 0 spiro atoms. The van der Waals surface area contributed by atoms with E-state index in [4.69, 9.17) is 25.7 Å². The van der Waals surface area contributed by atoms with Gasteiger partial charge in [-0.05, 0) is 46.5 Å². The van der Waals surface area contributed by atoms with Crippen LogP contribution in [0.25, 0.3) is 0 Å². The van der Waals surface area contributed by atoms with E-state index in [2.05, 4.69) is 24.3 Å². The van der Waals surface area contributed by atoms with Crippen LogP contribution in [0.5, 0.6) is 11.5 Å². The third kappa shape index (κ3) is 4.94. The van der Waals surface area contributed by atoms with E-state index >= 15 is 0 Å². The van der Waals surface area contributed by atoms with E-state index < -0.39 is 0 Å². The van der Waals surface area contributed by atoms with Crippen LogP contribution in [0.4, 0.5) is 11.4 Å². The first kappa shape index (κ1) is 22.2. The smallest absolute Gasteiger partial charge is 0.142 e. The van der Waals surface area contributed by atoms with Gasteiger partial charge in [-0.15, -0.1) is 0 Å². The lowest BCUT2D eigenvalue weighted by atomic mass is 9.97. The van der Waals surface area contributed by atoms with Crippen molar-refractivity contribution in [1.82, 2.24) is 0 Å². The fraction of sp³-hybridized carbons (Fsp3) is 0.143. The number of methoxy groups -OCH3 is 2. The highest BCUT2D eigenvalue weighted by atomic mass is 16.5. The first-order valence-corrected chi connectivity index (χ1v) is 10.7. The molecule has 4 rings (SSSR count). The number of hydrogen-bond acceptors (Lipinski definition) is 5. The minimum atomic E-state index is -0.366. The van der Waals surface area contributed by atoms with Crippen molar-refractivity contribution in [3.63, 3.8) is 0 Å². The highest BCUT2D eigenvalue weighted by molar-refractivity contribution is 5.56. The minimum absolute atomic E-state index is 0.366. The van der Waals surface area contributed by atoms with Gasteiger partial charge in [-0.25, -0.2) is 0 Å². The number of ether oxygens (including phenoxy) is 3. The van der Waals surface area contributed by atoms with E-state index in [9.17, 15) is 0 Å². The molecule has 5 nitrogen and oxygen atoms in total. The van der Waals surface area contributed by atoms with E-state index in [-0.39, 0.29) is 12.2 Å². The molecule has 4 aromatic carbocycles. The molecule has 4 aromatic rings. The van der Waals surface area contributed by atoms with E-state index in [0.29, 0.717) is 22.9 Å². The first-order valence-electron chi connectivity index (χ1n) is 10.7. The van der Waals surface area contributed by atoms with Gasteiger partial charge in [0.2, 0.25) is 0 Å². The van der Waals surface area contributed by atoms with Crippen LogP contribution in [-0.4, -0.2) is 14.2 Å². The van der Waals surface area contributed by atoms with Crippen molar-refractivity contribution in [3.05, 3.63) is 119 Å². The average molecular weight is 441 g/mol. The Balaban J connectivity index is 1.83. The zero-order chi connectivity index (χ0) is 23.2. The summed E-state index contributed by atoms with van der Waals surface area (Å²) < 4.78 is 17.8. The second kappa shape index (κ2) is 10.1. The summed E-state index contributed by atoms with van der Waals surface area (Å²) in [4.78, 5) is 0. The molecule has 33 heavy (non-hydrogen) atoms. The molecule has 0 amide bonds. The Morgan fingerprint density at radius 1 is 0.515 bits per heavy atom. The molecule has 0 radical (unpaired) electrons. The lowest BCUT2D eigenvalue weighted by Crippen LogP contribution is -2.14. The summed E-state index contributed by atoms with van der Waals surface area (Å²) >= 11 is 0. The summed E-state index contributed by atoms with van der Waals surface area (Å²) in [7, 11) is 3.22. The number of anilines is 2. The van der Waals surface area contributed by atoms with Crippen LogP contribution in [-0.2, 0) is 4.74 Å². The topological polar surface area (TPSA) is 79.7 Å². The molecule has 0 heterocycles. The summed E-state index contributed by atoms with van der Waals surface area (Å²) in [6, 6.07) is 31.7. The van der Waals surface area contributed by atoms with Gasteiger partial charge >= 0.3 is 0 Å². The Labute approximate surface area is 194 Å². The molecule has 168 valence electrons. The number of nitrogen functional groups attached to an aromatic ring is 2. The molecule has 0 aliphatic rings. The van der Waals surface area contributed by atoms with Gasteiger partial charge in [0.05, 0.1) is 25.6 Å². The van der Waals surface area contributed by atoms with Gasteiger partial charge in [-0.3, -0.25) is 0 Å². The summed E-state index contributed by atoms with van der Waals surface area (Å²) in [6.45, 7) is 0. The third-order valence-corrected chi connectivity index (χ3v) is 5.60. The number of nitrogens with two attached hydrogens (primary N) is 2. The van der Waals surface area contributed by atoms with E-state index in [0.717, 1.165) is 22.3 Å². The molecule has 2 atom stereocenters. The molecule has 0 fully saturated rings. The Bertz CT molecular complexity index is 1100. The van der Waals surface area contributed by atoms with Crippen molar-refractivity contribution in [2.45, 2.75) is 12.2 Å². The molecule has 0 aromatic heterocycles. The molecule has 5 heteroatoms. The zero-order valence-corrected chi connectivity index (χ0v) is 18.8. The molecule has 2 unspecified atom stereocenters. The zero-order valence-electron chi connectivity index (χ0n) is 18.8. The Hall–Kier alpha value is -3.96. The van der Waals surface area contributed by atoms with Crippen LogP contribution < -0.4 is 20.9 Å². The van der Waals surface area contributed by atoms with Crippen LogP contribution in [0, 0.1) is 0 Å². The Morgan fingerprint density at radius 3 is 1.27 bits per heavy atom. The van der Waals surface area contributed by atoms with E-state index in [1.165, 1.54) is 0 Å².